The number of para-hydroxylation sites is 1. The fraction of sp³-hybridized carbons (Fsp3) is 0.0588. The molecule has 0 amide bonds. The van der Waals surface area contributed by atoms with Crippen LogP contribution in [0.25, 0.3) is 10.4 Å². The molecule has 1 atom stereocenters. The van der Waals surface area contributed by atoms with Gasteiger partial charge < -0.3 is 9.66 Å². The summed E-state index contributed by atoms with van der Waals surface area (Å²) in [6.45, 7) is 1.87. The predicted octanol–water partition coefficient (Wildman–Crippen LogP) is 4.36. The molecule has 1 aromatic heterocycles. The van der Waals surface area contributed by atoms with Gasteiger partial charge in [0.15, 0.2) is 0 Å². The van der Waals surface area contributed by atoms with E-state index in [2.05, 4.69) is 0 Å². The molecule has 0 saturated heterocycles. The van der Waals surface area contributed by atoms with Crippen molar-refractivity contribution in [3.05, 3.63) is 65.5 Å². The highest BCUT2D eigenvalue weighted by molar-refractivity contribution is 7.81. The highest BCUT2D eigenvalue weighted by atomic mass is 32.2. The number of phenolic OH excluding ortho intramolecular Hbond substituents is 1. The molecule has 1 unspecified atom stereocenters. The molecule has 1 heterocycles. The fourth-order valence-electron chi connectivity index (χ4n) is 2.34. The van der Waals surface area contributed by atoms with Crippen LogP contribution in [0, 0.1) is 6.92 Å². The third-order valence-electron chi connectivity index (χ3n) is 3.43. The van der Waals surface area contributed by atoms with Crippen LogP contribution in [0.15, 0.2) is 60.0 Å². The third kappa shape index (κ3) is 3.29. The van der Waals surface area contributed by atoms with Gasteiger partial charge >= 0.3 is 0 Å². The Kier molecular flexibility index (Phi) is 4.47. The molecule has 3 aromatic rings. The molecule has 0 aliphatic heterocycles. The van der Waals surface area contributed by atoms with Gasteiger partial charge in [-0.3, -0.25) is 8.51 Å². The molecule has 0 fully saturated rings. The zero-order valence-electron chi connectivity index (χ0n) is 12.3. The minimum atomic E-state index is -2.42. The van der Waals surface area contributed by atoms with Gasteiger partial charge in [-0.2, -0.15) is 0 Å². The van der Waals surface area contributed by atoms with E-state index in [4.69, 9.17) is 0 Å². The lowest BCUT2D eigenvalue weighted by molar-refractivity contribution is 0.475. The quantitative estimate of drug-likeness (QED) is 0.715. The molecular weight excluding hydrogens is 330 g/mol. The Hall–Kier alpha value is -2.15. The molecule has 0 aliphatic rings. The normalized spacial score (nSPS) is 12.1. The number of anilines is 2. The number of hydrogen-bond acceptors (Lipinski definition) is 4. The molecular formula is C17H14NO3S2-. The van der Waals surface area contributed by atoms with Crippen LogP contribution in [0.5, 0.6) is 5.75 Å². The van der Waals surface area contributed by atoms with E-state index in [0.29, 0.717) is 11.4 Å². The molecule has 6 heteroatoms. The van der Waals surface area contributed by atoms with Gasteiger partial charge in [0.05, 0.1) is 22.6 Å². The van der Waals surface area contributed by atoms with Crippen molar-refractivity contribution in [2.24, 2.45) is 0 Å². The van der Waals surface area contributed by atoms with Crippen LogP contribution in [-0.4, -0.2) is 13.9 Å². The molecule has 0 spiro atoms. The lowest BCUT2D eigenvalue weighted by Crippen LogP contribution is -2.19. The van der Waals surface area contributed by atoms with Gasteiger partial charge in [0.1, 0.15) is 5.75 Å². The van der Waals surface area contributed by atoms with Crippen molar-refractivity contribution in [1.82, 2.24) is 0 Å². The van der Waals surface area contributed by atoms with Gasteiger partial charge in [-0.1, -0.05) is 30.3 Å². The summed E-state index contributed by atoms with van der Waals surface area (Å²) in [5.41, 5.74) is 2.93. The van der Waals surface area contributed by atoms with Crippen LogP contribution in [0.1, 0.15) is 5.56 Å². The zero-order chi connectivity index (χ0) is 16.4. The van der Waals surface area contributed by atoms with Gasteiger partial charge in [-0.05, 0) is 42.3 Å². The van der Waals surface area contributed by atoms with Gasteiger partial charge in [-0.25, -0.2) is 0 Å². The standard InChI is InChI=1S/C17H15NO3S2/c1-12-5-2-3-8-16(12)18(23(20)21)14-10-17(22-11-14)13-6-4-7-15(19)9-13/h2-11,19H,1H3,(H,20,21)/p-1. The Bertz CT molecular complexity index is 860. The number of aryl methyl sites for hydroxylation is 1. The van der Waals surface area contributed by atoms with E-state index < -0.39 is 11.3 Å². The van der Waals surface area contributed by atoms with E-state index in [1.165, 1.54) is 15.6 Å². The SMILES string of the molecule is Cc1ccccc1N(c1csc(-c2cccc(O)c2)c1)S(=O)[O-]. The molecule has 0 aliphatic carbocycles. The molecule has 0 radical (unpaired) electrons. The molecule has 3 rings (SSSR count). The van der Waals surface area contributed by atoms with E-state index in [1.807, 2.05) is 37.3 Å². The third-order valence-corrected chi connectivity index (χ3v) is 5.11. The number of benzene rings is 2. The molecule has 1 N–H and O–H groups in total. The van der Waals surface area contributed by atoms with Crippen molar-refractivity contribution in [2.75, 3.05) is 4.31 Å². The first-order chi connectivity index (χ1) is 11.1. The summed E-state index contributed by atoms with van der Waals surface area (Å²) in [5, 5.41) is 11.4. The summed E-state index contributed by atoms with van der Waals surface area (Å²) in [6.07, 6.45) is 0. The Labute approximate surface area is 141 Å². The number of thiophene rings is 1. The minimum absolute atomic E-state index is 0.181. The maximum absolute atomic E-state index is 11.7. The van der Waals surface area contributed by atoms with Crippen LogP contribution in [0.4, 0.5) is 11.4 Å². The maximum Gasteiger partial charge on any atom is 0.116 e. The van der Waals surface area contributed by atoms with E-state index in [9.17, 15) is 13.9 Å². The van der Waals surface area contributed by atoms with Crippen LogP contribution in [0.3, 0.4) is 0 Å². The highest BCUT2D eigenvalue weighted by Gasteiger charge is 2.15. The summed E-state index contributed by atoms with van der Waals surface area (Å²) in [4.78, 5) is 0.889. The zero-order valence-corrected chi connectivity index (χ0v) is 13.9. The highest BCUT2D eigenvalue weighted by Crippen LogP contribution is 2.37. The average Bonchev–Trinajstić information content (AvgIpc) is 2.99. The van der Waals surface area contributed by atoms with E-state index >= 15 is 0 Å². The first-order valence-electron chi connectivity index (χ1n) is 6.89. The predicted molar refractivity (Wildman–Crippen MR) is 93.7 cm³/mol. The van der Waals surface area contributed by atoms with Crippen molar-refractivity contribution in [3.8, 4) is 16.2 Å². The second-order valence-electron chi connectivity index (χ2n) is 5.02. The van der Waals surface area contributed by atoms with Crippen molar-refractivity contribution in [2.45, 2.75) is 6.92 Å². The van der Waals surface area contributed by atoms with Crippen LogP contribution in [-0.2, 0) is 11.3 Å². The monoisotopic (exact) mass is 344 g/mol. The second kappa shape index (κ2) is 6.54. The van der Waals surface area contributed by atoms with Crippen molar-refractivity contribution < 1.29 is 13.9 Å². The number of phenols is 1. The maximum atomic E-state index is 11.7. The number of rotatable bonds is 4. The smallest absolute Gasteiger partial charge is 0.116 e. The molecule has 0 bridgehead atoms. The summed E-state index contributed by atoms with van der Waals surface area (Å²) < 4.78 is 24.8. The molecule has 118 valence electrons. The molecule has 23 heavy (non-hydrogen) atoms. The average molecular weight is 344 g/mol. The summed E-state index contributed by atoms with van der Waals surface area (Å²) in [5.74, 6) is 0.181. The first-order valence-corrected chi connectivity index (χ1v) is 8.80. The molecule has 2 aromatic carbocycles. The number of hydrogen-bond donors (Lipinski definition) is 1. The van der Waals surface area contributed by atoms with Gasteiger partial charge in [0.25, 0.3) is 0 Å². The fourth-order valence-corrected chi connectivity index (χ4v) is 3.92. The Morgan fingerprint density at radius 2 is 1.91 bits per heavy atom. The lowest BCUT2D eigenvalue weighted by atomic mass is 10.1. The molecule has 0 saturated carbocycles. The van der Waals surface area contributed by atoms with Crippen LogP contribution in [0.2, 0.25) is 0 Å². The largest absolute Gasteiger partial charge is 0.755 e. The minimum Gasteiger partial charge on any atom is -0.755 e. The Morgan fingerprint density at radius 1 is 1.13 bits per heavy atom. The second-order valence-corrected chi connectivity index (χ2v) is 6.73. The lowest BCUT2D eigenvalue weighted by Gasteiger charge is -2.26. The van der Waals surface area contributed by atoms with Gasteiger partial charge in [-0.15, -0.1) is 11.3 Å². The van der Waals surface area contributed by atoms with Gasteiger partial charge in [0, 0.05) is 10.3 Å². The van der Waals surface area contributed by atoms with E-state index in [0.717, 1.165) is 16.0 Å². The van der Waals surface area contributed by atoms with E-state index in [1.54, 1.807) is 29.6 Å². The van der Waals surface area contributed by atoms with Crippen molar-refractivity contribution in [1.29, 1.82) is 0 Å². The van der Waals surface area contributed by atoms with Crippen molar-refractivity contribution >= 4 is 34.0 Å². The van der Waals surface area contributed by atoms with E-state index in [-0.39, 0.29) is 5.75 Å². The van der Waals surface area contributed by atoms with Gasteiger partial charge in [0.2, 0.25) is 0 Å². The first kappa shape index (κ1) is 15.7. The Balaban J connectivity index is 2.03. The summed E-state index contributed by atoms with van der Waals surface area (Å²) in [6, 6.07) is 16.0. The Morgan fingerprint density at radius 3 is 2.61 bits per heavy atom. The molecule has 4 nitrogen and oxygen atoms in total. The van der Waals surface area contributed by atoms with Crippen molar-refractivity contribution in [3.63, 3.8) is 0 Å². The number of aromatic hydroxyl groups is 1. The van der Waals surface area contributed by atoms with Crippen LogP contribution < -0.4 is 4.31 Å². The topological polar surface area (TPSA) is 63.6 Å². The summed E-state index contributed by atoms with van der Waals surface area (Å²) in [7, 11) is 0. The summed E-state index contributed by atoms with van der Waals surface area (Å²) >= 11 is -0.991. The van der Waals surface area contributed by atoms with Crippen LogP contribution >= 0.6 is 11.3 Å². The number of nitrogens with zero attached hydrogens (tertiary/aromatic N) is 1.